The Bertz CT molecular complexity index is 883. The van der Waals surface area contributed by atoms with Crippen molar-refractivity contribution < 1.29 is 0 Å². The quantitative estimate of drug-likeness (QED) is 0.757. The van der Waals surface area contributed by atoms with E-state index in [-0.39, 0.29) is 0 Å². The predicted molar refractivity (Wildman–Crippen MR) is 105 cm³/mol. The molecule has 0 saturated carbocycles. The molecule has 2 aromatic rings. The minimum atomic E-state index is 0.523. The van der Waals surface area contributed by atoms with Crippen LogP contribution in [0.3, 0.4) is 0 Å². The lowest BCUT2D eigenvalue weighted by molar-refractivity contribution is 0.948. The van der Waals surface area contributed by atoms with Gasteiger partial charge < -0.3 is 10.6 Å². The zero-order valence-corrected chi connectivity index (χ0v) is 15.6. The zero-order chi connectivity index (χ0) is 18.4. The van der Waals surface area contributed by atoms with Crippen LogP contribution in [0.5, 0.6) is 0 Å². The number of allylic oxidation sites excluding steroid dienone is 2. The number of aromatic nitrogens is 3. The summed E-state index contributed by atoms with van der Waals surface area (Å²) >= 11 is 1.53. The molecule has 0 fully saturated rings. The second-order valence-electron chi connectivity index (χ2n) is 5.82. The van der Waals surface area contributed by atoms with Crippen molar-refractivity contribution in [1.82, 2.24) is 20.3 Å². The van der Waals surface area contributed by atoms with Crippen LogP contribution >= 0.6 is 11.8 Å². The summed E-state index contributed by atoms with van der Waals surface area (Å²) in [5, 5.41) is 19.1. The van der Waals surface area contributed by atoms with Crippen molar-refractivity contribution in [3.63, 3.8) is 0 Å². The van der Waals surface area contributed by atoms with Gasteiger partial charge in [-0.2, -0.15) is 5.26 Å². The van der Waals surface area contributed by atoms with Gasteiger partial charge in [0.05, 0.1) is 10.7 Å². The SMILES string of the molecule is CCC1=CSC(=C(C#N)c2nc(NCCc3cccnc3)ncc2C)N1. The summed E-state index contributed by atoms with van der Waals surface area (Å²) in [7, 11) is 0. The first-order chi connectivity index (χ1) is 12.7. The molecule has 0 spiro atoms. The van der Waals surface area contributed by atoms with Gasteiger partial charge in [-0.1, -0.05) is 24.8 Å². The summed E-state index contributed by atoms with van der Waals surface area (Å²) in [4.78, 5) is 13.0. The fourth-order valence-corrected chi connectivity index (χ4v) is 3.42. The molecule has 0 atom stereocenters. The Morgan fingerprint density at radius 3 is 2.96 bits per heavy atom. The monoisotopic (exact) mass is 364 g/mol. The molecule has 2 aromatic heterocycles. The normalized spacial score (nSPS) is 15.0. The van der Waals surface area contributed by atoms with E-state index in [0.717, 1.165) is 34.7 Å². The number of hydrogen-bond donors (Lipinski definition) is 2. The fraction of sp³-hybridized carbons (Fsp3) is 0.263. The molecule has 0 bridgehead atoms. The van der Waals surface area contributed by atoms with Crippen LogP contribution in [0.15, 0.2) is 46.9 Å². The molecule has 26 heavy (non-hydrogen) atoms. The minimum absolute atomic E-state index is 0.523. The van der Waals surface area contributed by atoms with Gasteiger partial charge in [0, 0.05) is 30.8 Å². The third kappa shape index (κ3) is 4.21. The van der Waals surface area contributed by atoms with Gasteiger partial charge in [-0.15, -0.1) is 0 Å². The van der Waals surface area contributed by atoms with Gasteiger partial charge in [-0.25, -0.2) is 9.97 Å². The van der Waals surface area contributed by atoms with Crippen LogP contribution < -0.4 is 10.6 Å². The molecule has 0 aliphatic carbocycles. The third-order valence-corrected chi connectivity index (χ3v) is 4.89. The van der Waals surface area contributed by atoms with Gasteiger partial charge in [0.2, 0.25) is 5.95 Å². The zero-order valence-electron chi connectivity index (χ0n) is 14.8. The molecule has 3 rings (SSSR count). The van der Waals surface area contributed by atoms with Crippen molar-refractivity contribution >= 4 is 23.3 Å². The molecule has 3 heterocycles. The molecule has 1 aliphatic rings. The summed E-state index contributed by atoms with van der Waals surface area (Å²) in [6.45, 7) is 4.69. The van der Waals surface area contributed by atoms with E-state index in [0.29, 0.717) is 23.8 Å². The van der Waals surface area contributed by atoms with Crippen LogP contribution in [0.25, 0.3) is 5.57 Å². The van der Waals surface area contributed by atoms with E-state index in [1.165, 1.54) is 11.8 Å². The topological polar surface area (TPSA) is 86.5 Å². The molecule has 7 heteroatoms. The van der Waals surface area contributed by atoms with Crippen molar-refractivity contribution in [2.75, 3.05) is 11.9 Å². The number of nitrogens with zero attached hydrogens (tertiary/aromatic N) is 4. The first kappa shape index (κ1) is 18.0. The Kier molecular flexibility index (Phi) is 5.87. The molecule has 132 valence electrons. The van der Waals surface area contributed by atoms with E-state index in [1.54, 1.807) is 12.4 Å². The number of rotatable bonds is 6. The lowest BCUT2D eigenvalue weighted by Gasteiger charge is -2.10. The van der Waals surface area contributed by atoms with Crippen LogP contribution in [0.4, 0.5) is 5.95 Å². The smallest absolute Gasteiger partial charge is 0.223 e. The van der Waals surface area contributed by atoms with Gasteiger partial charge in [0.1, 0.15) is 11.6 Å². The highest BCUT2D eigenvalue weighted by atomic mass is 32.2. The van der Waals surface area contributed by atoms with E-state index in [2.05, 4.69) is 38.6 Å². The van der Waals surface area contributed by atoms with Gasteiger partial charge in [0.25, 0.3) is 0 Å². The Balaban J connectivity index is 1.75. The third-order valence-electron chi connectivity index (χ3n) is 3.94. The predicted octanol–water partition coefficient (Wildman–Crippen LogP) is 3.61. The highest BCUT2D eigenvalue weighted by Gasteiger charge is 2.18. The second-order valence-corrected chi connectivity index (χ2v) is 6.70. The van der Waals surface area contributed by atoms with Crippen LogP contribution in [-0.4, -0.2) is 21.5 Å². The fourth-order valence-electron chi connectivity index (χ4n) is 2.48. The van der Waals surface area contributed by atoms with Crippen LogP contribution in [-0.2, 0) is 6.42 Å². The standard InChI is InChI=1S/C19H20N6S/c1-3-15-12-26-18(24-15)16(9-20)17-13(2)10-23-19(25-17)22-8-6-14-5-4-7-21-11-14/h4-5,7,10-12,24H,3,6,8H2,1-2H3,(H,22,23,25). The Hall–Kier alpha value is -2.85. The molecule has 6 nitrogen and oxygen atoms in total. The van der Waals surface area contributed by atoms with Gasteiger partial charge in [-0.05, 0) is 42.4 Å². The highest BCUT2D eigenvalue weighted by molar-refractivity contribution is 8.06. The molecular formula is C19H20N6S. The number of hydrogen-bond acceptors (Lipinski definition) is 7. The maximum atomic E-state index is 9.67. The summed E-state index contributed by atoms with van der Waals surface area (Å²) < 4.78 is 0. The van der Waals surface area contributed by atoms with E-state index in [4.69, 9.17) is 0 Å². The van der Waals surface area contributed by atoms with Crippen molar-refractivity contribution in [2.24, 2.45) is 0 Å². The molecule has 0 amide bonds. The molecule has 0 unspecified atom stereocenters. The van der Waals surface area contributed by atoms with Crippen LogP contribution in [0.2, 0.25) is 0 Å². The van der Waals surface area contributed by atoms with E-state index >= 15 is 0 Å². The lowest BCUT2D eigenvalue weighted by Crippen LogP contribution is -2.11. The van der Waals surface area contributed by atoms with Crippen molar-refractivity contribution in [3.8, 4) is 6.07 Å². The Labute approximate surface area is 157 Å². The van der Waals surface area contributed by atoms with Crippen molar-refractivity contribution in [1.29, 1.82) is 5.26 Å². The summed E-state index contributed by atoms with van der Waals surface area (Å²) in [5.41, 5.74) is 4.34. The average molecular weight is 364 g/mol. The Morgan fingerprint density at radius 1 is 1.38 bits per heavy atom. The highest BCUT2D eigenvalue weighted by Crippen LogP contribution is 2.32. The number of aryl methyl sites for hydroxylation is 1. The van der Waals surface area contributed by atoms with E-state index < -0.39 is 0 Å². The van der Waals surface area contributed by atoms with Gasteiger partial charge in [-0.3, -0.25) is 4.98 Å². The molecule has 1 aliphatic heterocycles. The molecular weight excluding hydrogens is 344 g/mol. The minimum Gasteiger partial charge on any atom is -0.354 e. The second kappa shape index (κ2) is 8.50. The molecule has 0 saturated heterocycles. The average Bonchev–Trinajstić information content (AvgIpc) is 3.14. The number of nitriles is 1. The summed E-state index contributed by atoms with van der Waals surface area (Å²) in [5.74, 6) is 0.523. The van der Waals surface area contributed by atoms with Crippen molar-refractivity contribution in [3.05, 3.63) is 63.7 Å². The summed E-state index contributed by atoms with van der Waals surface area (Å²) in [6.07, 6.45) is 7.09. The first-order valence-electron chi connectivity index (χ1n) is 8.45. The maximum Gasteiger partial charge on any atom is 0.223 e. The van der Waals surface area contributed by atoms with Crippen molar-refractivity contribution in [2.45, 2.75) is 26.7 Å². The number of pyridine rings is 1. The molecule has 0 aromatic carbocycles. The van der Waals surface area contributed by atoms with Crippen LogP contribution in [0.1, 0.15) is 30.2 Å². The molecule has 0 radical (unpaired) electrons. The van der Waals surface area contributed by atoms with E-state index in [1.807, 2.05) is 30.7 Å². The Morgan fingerprint density at radius 2 is 2.27 bits per heavy atom. The lowest BCUT2D eigenvalue weighted by atomic mass is 10.1. The molecule has 2 N–H and O–H groups in total. The van der Waals surface area contributed by atoms with Crippen LogP contribution in [0, 0.1) is 18.3 Å². The number of anilines is 1. The largest absolute Gasteiger partial charge is 0.354 e. The number of thioether (sulfide) groups is 1. The first-order valence-corrected chi connectivity index (χ1v) is 9.33. The maximum absolute atomic E-state index is 9.67. The van der Waals surface area contributed by atoms with Gasteiger partial charge >= 0.3 is 0 Å². The van der Waals surface area contributed by atoms with Gasteiger partial charge in [0.15, 0.2) is 0 Å². The number of nitrogens with one attached hydrogen (secondary N) is 2. The van der Waals surface area contributed by atoms with E-state index in [9.17, 15) is 5.26 Å². The summed E-state index contributed by atoms with van der Waals surface area (Å²) in [6, 6.07) is 6.25.